The Bertz CT molecular complexity index is 586. The van der Waals surface area contributed by atoms with E-state index in [4.69, 9.17) is 11.6 Å². The van der Waals surface area contributed by atoms with Gasteiger partial charge in [0, 0.05) is 13.4 Å². The average molecular weight is 457 g/mol. The van der Waals surface area contributed by atoms with Gasteiger partial charge in [-0.3, -0.25) is 0 Å². The molecule has 0 saturated heterocycles. The van der Waals surface area contributed by atoms with Crippen molar-refractivity contribution in [1.29, 1.82) is 0 Å². The van der Waals surface area contributed by atoms with Gasteiger partial charge in [-0.05, 0) is 41.5 Å². The molecular formula is C13H7Br3ClF. The minimum Gasteiger partial charge on any atom is -0.207 e. The van der Waals surface area contributed by atoms with Gasteiger partial charge in [-0.1, -0.05) is 53.9 Å². The quantitative estimate of drug-likeness (QED) is 0.456. The van der Waals surface area contributed by atoms with Crippen molar-refractivity contribution in [1.82, 2.24) is 0 Å². The maximum Gasteiger partial charge on any atom is 0.124 e. The Hall–Kier alpha value is 0.1000. The number of alkyl halides is 1. The third-order valence-corrected chi connectivity index (χ3v) is 4.84. The van der Waals surface area contributed by atoms with Crippen molar-refractivity contribution in [3.63, 3.8) is 0 Å². The topological polar surface area (TPSA) is 0 Å². The molecule has 0 aliphatic heterocycles. The van der Waals surface area contributed by atoms with Gasteiger partial charge in [0.05, 0.1) is 5.38 Å². The zero-order chi connectivity index (χ0) is 13.3. The summed E-state index contributed by atoms with van der Waals surface area (Å²) in [6.07, 6.45) is 0. The van der Waals surface area contributed by atoms with Crippen molar-refractivity contribution in [2.24, 2.45) is 0 Å². The number of hydrogen-bond donors (Lipinski definition) is 0. The molecule has 0 nitrogen and oxygen atoms in total. The van der Waals surface area contributed by atoms with Crippen LogP contribution in [0.2, 0.25) is 0 Å². The van der Waals surface area contributed by atoms with Crippen LogP contribution in [0.3, 0.4) is 0 Å². The molecule has 0 fully saturated rings. The van der Waals surface area contributed by atoms with Crippen molar-refractivity contribution < 1.29 is 4.39 Å². The number of halogens is 5. The van der Waals surface area contributed by atoms with Crippen molar-refractivity contribution in [2.75, 3.05) is 0 Å². The lowest BCUT2D eigenvalue weighted by Crippen LogP contribution is -1.96. The van der Waals surface area contributed by atoms with Crippen LogP contribution in [0.15, 0.2) is 49.8 Å². The molecule has 0 aliphatic carbocycles. The minimum atomic E-state index is -0.355. The molecule has 0 heterocycles. The van der Waals surface area contributed by atoms with Crippen LogP contribution in [0.4, 0.5) is 4.39 Å². The van der Waals surface area contributed by atoms with Gasteiger partial charge in [0.1, 0.15) is 5.82 Å². The van der Waals surface area contributed by atoms with Crippen LogP contribution < -0.4 is 0 Å². The predicted molar refractivity (Wildman–Crippen MR) is 83.6 cm³/mol. The fourth-order valence-corrected chi connectivity index (χ4v) is 3.65. The van der Waals surface area contributed by atoms with Gasteiger partial charge in [0.15, 0.2) is 0 Å². The van der Waals surface area contributed by atoms with E-state index in [9.17, 15) is 4.39 Å². The molecule has 0 radical (unpaired) electrons. The van der Waals surface area contributed by atoms with Crippen molar-refractivity contribution in [3.05, 3.63) is 66.8 Å². The highest BCUT2D eigenvalue weighted by atomic mass is 79.9. The number of benzene rings is 2. The van der Waals surface area contributed by atoms with Gasteiger partial charge < -0.3 is 0 Å². The van der Waals surface area contributed by atoms with Gasteiger partial charge in [0.25, 0.3) is 0 Å². The van der Waals surface area contributed by atoms with Gasteiger partial charge in [-0.15, -0.1) is 11.6 Å². The first kappa shape index (κ1) is 14.5. The van der Waals surface area contributed by atoms with Crippen LogP contribution in [-0.2, 0) is 0 Å². The smallest absolute Gasteiger partial charge is 0.124 e. The average Bonchev–Trinajstić information content (AvgIpc) is 2.31. The number of rotatable bonds is 2. The summed E-state index contributed by atoms with van der Waals surface area (Å²) in [6.45, 7) is 0. The van der Waals surface area contributed by atoms with Gasteiger partial charge in [-0.2, -0.15) is 0 Å². The van der Waals surface area contributed by atoms with E-state index in [1.807, 2.05) is 18.2 Å². The molecule has 0 aliphatic rings. The molecule has 0 amide bonds. The Labute approximate surface area is 135 Å². The highest BCUT2D eigenvalue weighted by molar-refractivity contribution is 9.11. The van der Waals surface area contributed by atoms with Crippen LogP contribution in [-0.4, -0.2) is 0 Å². The van der Waals surface area contributed by atoms with Crippen LogP contribution >= 0.6 is 59.4 Å². The lowest BCUT2D eigenvalue weighted by atomic mass is 10.0. The molecule has 0 saturated carbocycles. The minimum absolute atomic E-state index is 0.289. The van der Waals surface area contributed by atoms with Crippen molar-refractivity contribution in [3.8, 4) is 0 Å². The Balaban J connectivity index is 2.47. The maximum absolute atomic E-state index is 13.1. The fourth-order valence-electron chi connectivity index (χ4n) is 1.58. The maximum atomic E-state index is 13.1. The second-order valence-electron chi connectivity index (χ2n) is 3.69. The Morgan fingerprint density at radius 1 is 0.889 bits per heavy atom. The van der Waals surface area contributed by atoms with Gasteiger partial charge in [-0.25, -0.2) is 4.39 Å². The first-order chi connectivity index (χ1) is 8.49. The Morgan fingerprint density at radius 2 is 1.61 bits per heavy atom. The highest BCUT2D eigenvalue weighted by Gasteiger charge is 2.17. The van der Waals surface area contributed by atoms with Crippen molar-refractivity contribution in [2.45, 2.75) is 5.38 Å². The SMILES string of the molecule is Fc1ccc(C(Cl)c2cc(Br)ccc2Br)c(Br)c1. The van der Waals surface area contributed by atoms with E-state index >= 15 is 0 Å². The predicted octanol–water partition coefficient (Wildman–Crippen LogP) is 6.44. The summed E-state index contributed by atoms with van der Waals surface area (Å²) in [5.41, 5.74) is 1.76. The van der Waals surface area contributed by atoms with E-state index in [2.05, 4.69) is 47.8 Å². The van der Waals surface area contributed by atoms with E-state index in [0.29, 0.717) is 4.47 Å². The second-order valence-corrected chi connectivity index (χ2v) is 6.76. The molecule has 2 aromatic rings. The van der Waals surface area contributed by atoms with Crippen molar-refractivity contribution >= 4 is 59.4 Å². The molecule has 2 rings (SSSR count). The third kappa shape index (κ3) is 3.16. The fraction of sp³-hybridized carbons (Fsp3) is 0.0769. The summed E-state index contributed by atoms with van der Waals surface area (Å²) in [5, 5.41) is -0.355. The lowest BCUT2D eigenvalue weighted by molar-refractivity contribution is 0.626. The molecule has 1 atom stereocenters. The highest BCUT2D eigenvalue weighted by Crippen LogP contribution is 2.38. The van der Waals surface area contributed by atoms with E-state index in [0.717, 1.165) is 20.1 Å². The largest absolute Gasteiger partial charge is 0.207 e. The summed E-state index contributed by atoms with van der Waals surface area (Å²) in [4.78, 5) is 0. The standard InChI is InChI=1S/C13H7Br3ClF/c14-7-1-4-11(15)10(5-7)13(17)9-3-2-8(18)6-12(9)16/h1-6,13H. The van der Waals surface area contributed by atoms with E-state index in [1.54, 1.807) is 6.07 Å². The monoisotopic (exact) mass is 454 g/mol. The summed E-state index contributed by atoms with van der Waals surface area (Å²) < 4.78 is 15.6. The molecule has 0 spiro atoms. The third-order valence-electron chi connectivity index (χ3n) is 2.47. The first-order valence-electron chi connectivity index (χ1n) is 5.03. The normalized spacial score (nSPS) is 12.5. The molecule has 94 valence electrons. The van der Waals surface area contributed by atoms with E-state index in [1.165, 1.54) is 12.1 Å². The van der Waals surface area contributed by atoms with E-state index in [-0.39, 0.29) is 11.2 Å². The Morgan fingerprint density at radius 3 is 2.28 bits per heavy atom. The molecule has 1 unspecified atom stereocenters. The molecular weight excluding hydrogens is 450 g/mol. The summed E-state index contributed by atoms with van der Waals surface area (Å²) >= 11 is 16.7. The molecule has 5 heteroatoms. The van der Waals surface area contributed by atoms with Crippen LogP contribution in [0, 0.1) is 5.82 Å². The first-order valence-corrected chi connectivity index (χ1v) is 7.84. The molecule has 0 aromatic heterocycles. The van der Waals surface area contributed by atoms with Crippen LogP contribution in [0.25, 0.3) is 0 Å². The zero-order valence-electron chi connectivity index (χ0n) is 8.93. The summed E-state index contributed by atoms with van der Waals surface area (Å²) in [7, 11) is 0. The van der Waals surface area contributed by atoms with Gasteiger partial charge >= 0.3 is 0 Å². The Kier molecular flexibility index (Phi) is 4.86. The molecule has 0 bridgehead atoms. The van der Waals surface area contributed by atoms with Gasteiger partial charge in [0.2, 0.25) is 0 Å². The van der Waals surface area contributed by atoms with Crippen LogP contribution in [0.5, 0.6) is 0 Å². The molecule has 0 N–H and O–H groups in total. The zero-order valence-corrected chi connectivity index (χ0v) is 14.4. The number of hydrogen-bond acceptors (Lipinski definition) is 0. The molecule has 2 aromatic carbocycles. The van der Waals surface area contributed by atoms with Crippen LogP contribution in [0.1, 0.15) is 16.5 Å². The second kappa shape index (κ2) is 6.04. The summed E-state index contributed by atoms with van der Waals surface area (Å²) in [6, 6.07) is 10.3. The molecule has 18 heavy (non-hydrogen) atoms. The summed E-state index contributed by atoms with van der Waals surface area (Å²) in [5.74, 6) is -0.289. The lowest BCUT2D eigenvalue weighted by Gasteiger charge is -2.14. The van der Waals surface area contributed by atoms with E-state index < -0.39 is 0 Å².